The molecule has 0 spiro atoms. The van der Waals surface area contributed by atoms with Crippen molar-refractivity contribution in [2.24, 2.45) is 4.99 Å². The van der Waals surface area contributed by atoms with E-state index in [1.807, 2.05) is 73.1 Å². The van der Waals surface area contributed by atoms with E-state index in [0.29, 0.717) is 12.1 Å². The predicted molar refractivity (Wildman–Crippen MR) is 108 cm³/mol. The zero-order chi connectivity index (χ0) is 18.5. The Bertz CT molecular complexity index is 952. The molecule has 0 aliphatic carbocycles. The standard InChI is InChI=1S/C23H21N3O/c27-23(24-14-18-7-3-1-4-8-18)20-11-12-22-21(13-20)16-26(17-25-22)15-19-9-5-2-6-10-19/h1-13,17H,14-16H2,(H,24,27). The largest absolute Gasteiger partial charge is 0.354 e. The number of nitrogens with zero attached hydrogens (tertiary/aromatic N) is 2. The molecule has 0 fully saturated rings. The normalized spacial score (nSPS) is 12.5. The second kappa shape index (κ2) is 7.87. The van der Waals surface area contributed by atoms with Crippen molar-refractivity contribution in [3.8, 4) is 0 Å². The van der Waals surface area contributed by atoms with Crippen LogP contribution in [0.4, 0.5) is 5.69 Å². The van der Waals surface area contributed by atoms with E-state index in [2.05, 4.69) is 27.3 Å². The van der Waals surface area contributed by atoms with E-state index in [1.165, 1.54) is 5.56 Å². The molecule has 4 heteroatoms. The van der Waals surface area contributed by atoms with Gasteiger partial charge in [0.05, 0.1) is 12.0 Å². The van der Waals surface area contributed by atoms with E-state index >= 15 is 0 Å². The Balaban J connectivity index is 1.43. The molecule has 4 rings (SSSR count). The lowest BCUT2D eigenvalue weighted by Gasteiger charge is -2.24. The summed E-state index contributed by atoms with van der Waals surface area (Å²) in [5.41, 5.74) is 4.99. The fraction of sp³-hybridized carbons (Fsp3) is 0.130. The Hall–Kier alpha value is -3.40. The monoisotopic (exact) mass is 355 g/mol. The van der Waals surface area contributed by atoms with Crippen molar-refractivity contribution < 1.29 is 4.79 Å². The van der Waals surface area contributed by atoms with Crippen LogP contribution in [0.3, 0.4) is 0 Å². The van der Waals surface area contributed by atoms with Gasteiger partial charge in [-0.2, -0.15) is 0 Å². The number of benzene rings is 3. The molecule has 0 unspecified atom stereocenters. The number of hydrogen-bond acceptors (Lipinski definition) is 3. The molecule has 1 heterocycles. The first-order valence-electron chi connectivity index (χ1n) is 9.05. The highest BCUT2D eigenvalue weighted by atomic mass is 16.1. The summed E-state index contributed by atoms with van der Waals surface area (Å²) < 4.78 is 0. The van der Waals surface area contributed by atoms with Crippen molar-refractivity contribution in [2.75, 3.05) is 0 Å². The topological polar surface area (TPSA) is 44.7 Å². The van der Waals surface area contributed by atoms with Gasteiger partial charge in [0.25, 0.3) is 5.91 Å². The van der Waals surface area contributed by atoms with Gasteiger partial charge >= 0.3 is 0 Å². The fourth-order valence-electron chi connectivity index (χ4n) is 3.18. The molecule has 4 nitrogen and oxygen atoms in total. The average molecular weight is 355 g/mol. The van der Waals surface area contributed by atoms with E-state index in [0.717, 1.165) is 29.9 Å². The van der Waals surface area contributed by atoms with Crippen LogP contribution in [0.2, 0.25) is 0 Å². The van der Waals surface area contributed by atoms with Gasteiger partial charge in [-0.25, -0.2) is 4.99 Å². The molecular weight excluding hydrogens is 334 g/mol. The molecule has 0 saturated heterocycles. The highest BCUT2D eigenvalue weighted by molar-refractivity contribution is 5.95. The Morgan fingerprint density at radius 3 is 2.37 bits per heavy atom. The summed E-state index contributed by atoms with van der Waals surface area (Å²) in [5.74, 6) is -0.0641. The minimum Gasteiger partial charge on any atom is -0.354 e. The number of hydrogen-bond donors (Lipinski definition) is 1. The number of rotatable bonds is 5. The lowest BCUT2D eigenvalue weighted by atomic mass is 10.1. The van der Waals surface area contributed by atoms with Crippen molar-refractivity contribution >= 4 is 17.9 Å². The van der Waals surface area contributed by atoms with Crippen molar-refractivity contribution in [3.63, 3.8) is 0 Å². The van der Waals surface area contributed by atoms with Crippen LogP contribution < -0.4 is 5.32 Å². The summed E-state index contributed by atoms with van der Waals surface area (Å²) >= 11 is 0. The zero-order valence-corrected chi connectivity index (χ0v) is 15.0. The quantitative estimate of drug-likeness (QED) is 0.742. The van der Waals surface area contributed by atoms with Crippen LogP contribution >= 0.6 is 0 Å². The first-order valence-corrected chi connectivity index (χ1v) is 9.05. The van der Waals surface area contributed by atoms with E-state index < -0.39 is 0 Å². The summed E-state index contributed by atoms with van der Waals surface area (Å²) in [6.45, 7) is 2.07. The van der Waals surface area contributed by atoms with Gasteiger partial charge in [0.2, 0.25) is 0 Å². The molecule has 1 aliphatic heterocycles. The van der Waals surface area contributed by atoms with Gasteiger partial charge < -0.3 is 10.2 Å². The minimum atomic E-state index is -0.0641. The van der Waals surface area contributed by atoms with Gasteiger partial charge in [-0.3, -0.25) is 4.79 Å². The van der Waals surface area contributed by atoms with Gasteiger partial charge in [0, 0.05) is 25.2 Å². The Morgan fingerprint density at radius 1 is 0.926 bits per heavy atom. The molecule has 1 amide bonds. The molecule has 1 N–H and O–H groups in total. The summed E-state index contributed by atoms with van der Waals surface area (Å²) in [7, 11) is 0. The third-order valence-electron chi connectivity index (χ3n) is 4.60. The van der Waals surface area contributed by atoms with Gasteiger partial charge in [0.1, 0.15) is 0 Å². The van der Waals surface area contributed by atoms with Gasteiger partial charge in [0.15, 0.2) is 0 Å². The van der Waals surface area contributed by atoms with Gasteiger partial charge in [-0.15, -0.1) is 0 Å². The Morgan fingerprint density at radius 2 is 1.63 bits per heavy atom. The minimum absolute atomic E-state index is 0.0641. The third kappa shape index (κ3) is 4.23. The number of fused-ring (bicyclic) bond motifs is 1. The predicted octanol–water partition coefficient (Wildman–Crippen LogP) is 4.29. The fourth-order valence-corrected chi connectivity index (χ4v) is 3.18. The SMILES string of the molecule is O=C(NCc1ccccc1)c1ccc2c(c1)CN(Cc1ccccc1)C=N2. The molecule has 27 heavy (non-hydrogen) atoms. The van der Waals surface area contributed by atoms with Crippen LogP contribution in [0.25, 0.3) is 0 Å². The third-order valence-corrected chi connectivity index (χ3v) is 4.60. The number of nitrogens with one attached hydrogen (secondary N) is 1. The van der Waals surface area contributed by atoms with E-state index in [9.17, 15) is 4.79 Å². The Kier molecular flexibility index (Phi) is 4.97. The van der Waals surface area contributed by atoms with Gasteiger partial charge in [-0.1, -0.05) is 60.7 Å². The highest BCUT2D eigenvalue weighted by Crippen LogP contribution is 2.26. The van der Waals surface area contributed by atoms with E-state index in [-0.39, 0.29) is 5.91 Å². The molecular formula is C23H21N3O. The maximum absolute atomic E-state index is 12.5. The van der Waals surface area contributed by atoms with E-state index in [1.54, 1.807) is 0 Å². The number of amides is 1. The lowest BCUT2D eigenvalue weighted by Crippen LogP contribution is -2.25. The molecule has 134 valence electrons. The van der Waals surface area contributed by atoms with Crippen molar-refractivity contribution in [1.29, 1.82) is 0 Å². The summed E-state index contributed by atoms with van der Waals surface area (Å²) in [4.78, 5) is 19.2. The number of aliphatic imine (C=N–C) groups is 1. The van der Waals surface area contributed by atoms with E-state index in [4.69, 9.17) is 0 Å². The van der Waals surface area contributed by atoms with Crippen LogP contribution in [0.5, 0.6) is 0 Å². The molecule has 3 aromatic rings. The molecule has 0 aromatic heterocycles. The van der Waals surface area contributed by atoms with Crippen LogP contribution in [-0.2, 0) is 19.6 Å². The van der Waals surface area contributed by atoms with Crippen LogP contribution in [0.15, 0.2) is 83.9 Å². The van der Waals surface area contributed by atoms with Crippen LogP contribution in [-0.4, -0.2) is 17.1 Å². The molecule has 0 bridgehead atoms. The van der Waals surface area contributed by atoms with Crippen LogP contribution in [0.1, 0.15) is 27.0 Å². The summed E-state index contributed by atoms with van der Waals surface area (Å²) in [6.07, 6.45) is 1.88. The first-order chi connectivity index (χ1) is 13.3. The van der Waals surface area contributed by atoms with Gasteiger partial charge in [-0.05, 0) is 34.9 Å². The summed E-state index contributed by atoms with van der Waals surface area (Å²) in [5, 5.41) is 2.98. The van der Waals surface area contributed by atoms with Crippen molar-refractivity contribution in [1.82, 2.24) is 10.2 Å². The lowest BCUT2D eigenvalue weighted by molar-refractivity contribution is 0.0951. The zero-order valence-electron chi connectivity index (χ0n) is 15.0. The van der Waals surface area contributed by atoms with Crippen molar-refractivity contribution in [2.45, 2.75) is 19.6 Å². The maximum Gasteiger partial charge on any atom is 0.251 e. The highest BCUT2D eigenvalue weighted by Gasteiger charge is 2.15. The molecule has 0 atom stereocenters. The number of carbonyl (C=O) groups is 1. The second-order valence-corrected chi connectivity index (χ2v) is 6.65. The molecule has 1 aliphatic rings. The number of carbonyl (C=O) groups excluding carboxylic acids is 1. The van der Waals surface area contributed by atoms with Crippen molar-refractivity contribution in [3.05, 3.63) is 101 Å². The smallest absolute Gasteiger partial charge is 0.251 e. The Labute approximate surface area is 159 Å². The average Bonchev–Trinajstić information content (AvgIpc) is 2.73. The second-order valence-electron chi connectivity index (χ2n) is 6.65. The van der Waals surface area contributed by atoms with Crippen LogP contribution in [0, 0.1) is 0 Å². The molecule has 3 aromatic carbocycles. The maximum atomic E-state index is 12.5. The first kappa shape index (κ1) is 17.0. The molecule has 0 saturated carbocycles. The molecule has 0 radical (unpaired) electrons. The summed E-state index contributed by atoms with van der Waals surface area (Å²) in [6, 6.07) is 25.9.